The average molecular weight is 408 g/mol. The molecule has 1 atom stereocenters. The third-order valence-electron chi connectivity index (χ3n) is 3.26. The van der Waals surface area contributed by atoms with Crippen LogP contribution in [-0.4, -0.2) is 56.0 Å². The molecular formula is C13H17IN2O3S. The lowest BCUT2D eigenvalue weighted by molar-refractivity contribution is 0.00101. The van der Waals surface area contributed by atoms with Crippen molar-refractivity contribution in [1.29, 1.82) is 0 Å². The molecule has 110 valence electrons. The molecular weight excluding hydrogens is 391 g/mol. The van der Waals surface area contributed by atoms with Crippen molar-refractivity contribution < 1.29 is 13.2 Å². The van der Waals surface area contributed by atoms with Gasteiger partial charge in [-0.25, -0.2) is 13.4 Å². The van der Waals surface area contributed by atoms with Crippen LogP contribution in [0, 0.1) is 3.57 Å². The highest BCUT2D eigenvalue weighted by atomic mass is 127. The molecule has 1 heterocycles. The number of nitrogens with zero attached hydrogens (tertiary/aromatic N) is 2. The number of hydrazine groups is 1. The van der Waals surface area contributed by atoms with Gasteiger partial charge >= 0.3 is 0 Å². The predicted molar refractivity (Wildman–Crippen MR) is 86.1 cm³/mol. The highest BCUT2D eigenvalue weighted by Crippen LogP contribution is 2.21. The normalized spacial score (nSPS) is 21.1. The average Bonchev–Trinajstić information content (AvgIpc) is 2.69. The third kappa shape index (κ3) is 3.50. The fourth-order valence-corrected chi connectivity index (χ4v) is 4.63. The Bertz CT molecular complexity index is 616. The molecule has 2 rings (SSSR count). The monoisotopic (exact) mass is 408 g/mol. The summed E-state index contributed by atoms with van der Waals surface area (Å²) in [4.78, 5) is 12.6. The fraction of sp³-hybridized carbons (Fsp3) is 0.462. The molecule has 1 fully saturated rings. The van der Waals surface area contributed by atoms with E-state index in [1.807, 2.05) is 18.2 Å². The van der Waals surface area contributed by atoms with E-state index in [2.05, 4.69) is 22.6 Å². The second-order valence-electron chi connectivity index (χ2n) is 5.06. The lowest BCUT2D eigenvalue weighted by Crippen LogP contribution is -2.49. The van der Waals surface area contributed by atoms with Gasteiger partial charge in [-0.15, -0.1) is 0 Å². The van der Waals surface area contributed by atoms with Crippen molar-refractivity contribution in [2.24, 2.45) is 0 Å². The molecule has 1 aromatic rings. The minimum absolute atomic E-state index is 0.0425. The van der Waals surface area contributed by atoms with E-state index in [-0.39, 0.29) is 23.5 Å². The van der Waals surface area contributed by atoms with Crippen LogP contribution in [0.2, 0.25) is 0 Å². The smallest absolute Gasteiger partial charge is 0.268 e. The van der Waals surface area contributed by atoms with Crippen LogP contribution in [0.3, 0.4) is 0 Å². The fourth-order valence-electron chi connectivity index (χ4n) is 2.40. The molecule has 7 heteroatoms. The first-order chi connectivity index (χ1) is 9.30. The topological polar surface area (TPSA) is 57.7 Å². The van der Waals surface area contributed by atoms with Gasteiger partial charge in [-0.3, -0.25) is 9.80 Å². The molecule has 1 aliphatic heterocycles. The van der Waals surface area contributed by atoms with E-state index in [0.29, 0.717) is 12.0 Å². The highest BCUT2D eigenvalue weighted by molar-refractivity contribution is 14.1. The zero-order valence-corrected chi connectivity index (χ0v) is 14.4. The molecule has 0 radical (unpaired) electrons. The minimum atomic E-state index is -3.02. The molecule has 0 bridgehead atoms. The van der Waals surface area contributed by atoms with Crippen LogP contribution in [-0.2, 0) is 9.84 Å². The first kappa shape index (κ1) is 15.7. The van der Waals surface area contributed by atoms with Crippen molar-refractivity contribution >= 4 is 38.3 Å². The van der Waals surface area contributed by atoms with Crippen LogP contribution < -0.4 is 0 Å². The maximum absolute atomic E-state index is 12.6. The number of hydrogen-bond donors (Lipinski definition) is 0. The molecule has 5 nitrogen and oxygen atoms in total. The van der Waals surface area contributed by atoms with Crippen LogP contribution in [0.5, 0.6) is 0 Å². The largest absolute Gasteiger partial charge is 0.268 e. The van der Waals surface area contributed by atoms with Gasteiger partial charge in [-0.1, -0.05) is 6.07 Å². The molecule has 0 aromatic heterocycles. The molecule has 1 aromatic carbocycles. The first-order valence-corrected chi connectivity index (χ1v) is 9.17. The summed E-state index contributed by atoms with van der Waals surface area (Å²) in [5.41, 5.74) is 0.579. The summed E-state index contributed by atoms with van der Waals surface area (Å²) < 4.78 is 24.2. The number of carbonyl (C=O) groups excluding carboxylic acids is 1. The Morgan fingerprint density at radius 1 is 1.35 bits per heavy atom. The SMILES string of the molecule is CN(C)N(C(=O)c1cccc(I)c1)[C@@H]1CCS(=O)(=O)C1. The third-order valence-corrected chi connectivity index (χ3v) is 5.69. The molecule has 0 aliphatic carbocycles. The first-order valence-electron chi connectivity index (χ1n) is 6.27. The zero-order valence-electron chi connectivity index (χ0n) is 11.4. The highest BCUT2D eigenvalue weighted by Gasteiger charge is 2.36. The Morgan fingerprint density at radius 3 is 2.55 bits per heavy atom. The maximum Gasteiger partial charge on any atom is 0.268 e. The Balaban J connectivity index is 2.28. The van der Waals surface area contributed by atoms with E-state index in [9.17, 15) is 13.2 Å². The van der Waals surface area contributed by atoms with Gasteiger partial charge in [-0.2, -0.15) is 0 Å². The molecule has 20 heavy (non-hydrogen) atoms. The lowest BCUT2D eigenvalue weighted by Gasteiger charge is -2.33. The number of amides is 1. The molecule has 1 aliphatic rings. The second kappa shape index (κ2) is 5.98. The van der Waals surface area contributed by atoms with Gasteiger partial charge in [0, 0.05) is 23.2 Å². The summed E-state index contributed by atoms with van der Waals surface area (Å²) in [6, 6.07) is 7.03. The Morgan fingerprint density at radius 2 is 2.05 bits per heavy atom. The van der Waals surface area contributed by atoms with Crippen LogP contribution >= 0.6 is 22.6 Å². The number of hydrogen-bond acceptors (Lipinski definition) is 4. The van der Waals surface area contributed by atoms with Crippen molar-refractivity contribution in [2.75, 3.05) is 25.6 Å². The van der Waals surface area contributed by atoms with E-state index >= 15 is 0 Å². The number of rotatable bonds is 3. The molecule has 1 amide bonds. The summed E-state index contributed by atoms with van der Waals surface area (Å²) in [5.74, 6) is 0.0400. The Kier molecular flexibility index (Phi) is 4.70. The molecule has 0 spiro atoms. The van der Waals surface area contributed by atoms with Gasteiger partial charge < -0.3 is 0 Å². The Hall–Kier alpha value is -0.670. The van der Waals surface area contributed by atoms with Crippen LogP contribution in [0.1, 0.15) is 16.8 Å². The van der Waals surface area contributed by atoms with Crippen LogP contribution in [0.4, 0.5) is 0 Å². The lowest BCUT2D eigenvalue weighted by atomic mass is 10.1. The van der Waals surface area contributed by atoms with E-state index in [1.165, 1.54) is 0 Å². The summed E-state index contributed by atoms with van der Waals surface area (Å²) in [5, 5.41) is 3.23. The van der Waals surface area contributed by atoms with Crippen molar-refractivity contribution in [3.63, 3.8) is 0 Å². The van der Waals surface area contributed by atoms with E-state index in [4.69, 9.17) is 0 Å². The summed E-state index contributed by atoms with van der Waals surface area (Å²) in [7, 11) is 0.501. The summed E-state index contributed by atoms with van der Waals surface area (Å²) >= 11 is 2.15. The number of carbonyl (C=O) groups is 1. The van der Waals surface area contributed by atoms with Gasteiger partial charge in [-0.05, 0) is 47.2 Å². The van der Waals surface area contributed by atoms with Gasteiger partial charge in [0.05, 0.1) is 17.5 Å². The summed E-state index contributed by atoms with van der Waals surface area (Å²) in [6.07, 6.45) is 0.496. The minimum Gasteiger partial charge on any atom is -0.268 e. The van der Waals surface area contributed by atoms with Gasteiger partial charge in [0.15, 0.2) is 9.84 Å². The van der Waals surface area contributed by atoms with Crippen molar-refractivity contribution in [1.82, 2.24) is 10.0 Å². The van der Waals surface area contributed by atoms with Crippen LogP contribution in [0.15, 0.2) is 24.3 Å². The van der Waals surface area contributed by atoms with Crippen LogP contribution in [0.25, 0.3) is 0 Å². The number of halogens is 1. The molecule has 1 saturated heterocycles. The van der Waals surface area contributed by atoms with Gasteiger partial charge in [0.25, 0.3) is 5.91 Å². The van der Waals surface area contributed by atoms with E-state index < -0.39 is 9.84 Å². The van der Waals surface area contributed by atoms with Gasteiger partial charge in [0.2, 0.25) is 0 Å². The summed E-state index contributed by atoms with van der Waals surface area (Å²) in [6.45, 7) is 0. The van der Waals surface area contributed by atoms with Gasteiger partial charge in [0.1, 0.15) is 0 Å². The number of sulfone groups is 1. The zero-order chi connectivity index (χ0) is 14.9. The van der Waals surface area contributed by atoms with E-state index in [0.717, 1.165) is 3.57 Å². The van der Waals surface area contributed by atoms with Crippen molar-refractivity contribution in [3.8, 4) is 0 Å². The quantitative estimate of drug-likeness (QED) is 0.561. The predicted octanol–water partition coefficient (Wildman–Crippen LogP) is 1.40. The number of benzene rings is 1. The second-order valence-corrected chi connectivity index (χ2v) is 8.54. The molecule has 0 N–H and O–H groups in total. The van der Waals surface area contributed by atoms with Crippen molar-refractivity contribution in [3.05, 3.63) is 33.4 Å². The Labute approximate surface area is 133 Å². The molecule has 0 unspecified atom stereocenters. The maximum atomic E-state index is 12.6. The van der Waals surface area contributed by atoms with E-state index in [1.54, 1.807) is 30.2 Å². The van der Waals surface area contributed by atoms with Crippen molar-refractivity contribution in [2.45, 2.75) is 12.5 Å². The standard InChI is InChI=1S/C13H17IN2O3S/c1-15(2)16(12-6-7-20(18,19)9-12)13(17)10-4-3-5-11(14)8-10/h3-5,8,12H,6-7,9H2,1-2H3/t12-/m1/s1. The molecule has 0 saturated carbocycles.